The highest BCUT2D eigenvalue weighted by molar-refractivity contribution is 6.18. The Kier molecular flexibility index (Phi) is 6.70. The van der Waals surface area contributed by atoms with Crippen LogP contribution in [0.5, 0.6) is 0 Å². The SMILES string of the molecule is c1ccc(-c2nc(-c3ccccc3)nc(-c3ccc(-c4cnc(-c5cc6ccccc6cn5)c5oc6ccccc6c45)c4ccccc34)n2)cc1. The lowest BCUT2D eigenvalue weighted by molar-refractivity contribution is 0.668. The van der Waals surface area contributed by atoms with Gasteiger partial charge in [0.05, 0.1) is 5.69 Å². The highest BCUT2D eigenvalue weighted by atomic mass is 16.3. The van der Waals surface area contributed by atoms with Gasteiger partial charge in [-0.3, -0.25) is 4.98 Å². The third kappa shape index (κ3) is 4.92. The first-order valence-corrected chi connectivity index (χ1v) is 16.8. The summed E-state index contributed by atoms with van der Waals surface area (Å²) in [6.07, 6.45) is 3.86. The lowest BCUT2D eigenvalue weighted by atomic mass is 9.92. The Labute approximate surface area is 292 Å². The van der Waals surface area contributed by atoms with Crippen molar-refractivity contribution in [3.8, 4) is 56.7 Å². The Morgan fingerprint density at radius 2 is 0.980 bits per heavy atom. The van der Waals surface area contributed by atoms with Crippen molar-refractivity contribution in [1.82, 2.24) is 24.9 Å². The summed E-state index contributed by atoms with van der Waals surface area (Å²) < 4.78 is 6.60. The van der Waals surface area contributed by atoms with Gasteiger partial charge in [-0.25, -0.2) is 19.9 Å². The molecule has 0 aliphatic heterocycles. The molecule has 238 valence electrons. The molecule has 6 nitrogen and oxygen atoms in total. The maximum atomic E-state index is 6.60. The summed E-state index contributed by atoms with van der Waals surface area (Å²) in [5.41, 5.74) is 7.79. The molecule has 0 aliphatic rings. The Bertz CT molecular complexity index is 2860. The molecule has 0 amide bonds. The van der Waals surface area contributed by atoms with E-state index >= 15 is 0 Å². The predicted molar refractivity (Wildman–Crippen MR) is 205 cm³/mol. The molecule has 6 aromatic carbocycles. The molecule has 0 N–H and O–H groups in total. The predicted octanol–water partition coefficient (Wildman–Crippen LogP) is 11.2. The van der Waals surface area contributed by atoms with Crippen molar-refractivity contribution < 1.29 is 4.42 Å². The highest BCUT2D eigenvalue weighted by Crippen LogP contribution is 2.43. The summed E-state index contributed by atoms with van der Waals surface area (Å²) in [7, 11) is 0. The minimum Gasteiger partial charge on any atom is -0.454 e. The van der Waals surface area contributed by atoms with Crippen molar-refractivity contribution in [3.05, 3.63) is 164 Å². The molecule has 0 bridgehead atoms. The third-order valence-corrected chi connectivity index (χ3v) is 9.43. The maximum Gasteiger partial charge on any atom is 0.164 e. The van der Waals surface area contributed by atoms with Crippen molar-refractivity contribution in [2.75, 3.05) is 0 Å². The van der Waals surface area contributed by atoms with Gasteiger partial charge in [0, 0.05) is 50.8 Å². The van der Waals surface area contributed by atoms with Gasteiger partial charge in [0.2, 0.25) is 0 Å². The minimum absolute atomic E-state index is 0.611. The standard InChI is InChI=1S/C45H27N5O/c1-3-13-28(14-4-1)43-48-44(29-15-5-2-6-16-29)50-45(49-43)35-24-23-34(32-19-9-10-20-33(32)35)37-27-47-41(38-25-30-17-7-8-18-31(30)26-46-38)42-40(37)36-21-11-12-22-39(36)51-42/h1-27H. The summed E-state index contributed by atoms with van der Waals surface area (Å²) in [6, 6.07) is 51.2. The van der Waals surface area contributed by atoms with Gasteiger partial charge in [0.15, 0.2) is 23.1 Å². The molecule has 0 unspecified atom stereocenters. The van der Waals surface area contributed by atoms with E-state index in [1.807, 2.05) is 103 Å². The number of hydrogen-bond donors (Lipinski definition) is 0. The van der Waals surface area contributed by atoms with E-state index in [-0.39, 0.29) is 0 Å². The van der Waals surface area contributed by atoms with Crippen LogP contribution in [0.2, 0.25) is 0 Å². The molecule has 0 atom stereocenters. The summed E-state index contributed by atoms with van der Waals surface area (Å²) in [5, 5.41) is 6.29. The molecule has 0 fully saturated rings. The summed E-state index contributed by atoms with van der Waals surface area (Å²) in [6.45, 7) is 0. The average Bonchev–Trinajstić information content (AvgIpc) is 3.60. The van der Waals surface area contributed by atoms with Crippen LogP contribution in [0.25, 0.3) is 100 Å². The van der Waals surface area contributed by atoms with Crippen LogP contribution < -0.4 is 0 Å². The molecule has 51 heavy (non-hydrogen) atoms. The van der Waals surface area contributed by atoms with Gasteiger partial charge in [-0.1, -0.05) is 133 Å². The first-order valence-electron chi connectivity index (χ1n) is 16.8. The molecular formula is C45H27N5O. The second-order valence-corrected chi connectivity index (χ2v) is 12.5. The van der Waals surface area contributed by atoms with Crippen LogP contribution in [0.4, 0.5) is 0 Å². The fourth-order valence-electron chi connectivity index (χ4n) is 6.99. The van der Waals surface area contributed by atoms with E-state index in [9.17, 15) is 0 Å². The quantitative estimate of drug-likeness (QED) is 0.184. The van der Waals surface area contributed by atoms with Crippen molar-refractivity contribution in [2.45, 2.75) is 0 Å². The molecule has 10 aromatic rings. The van der Waals surface area contributed by atoms with E-state index in [0.29, 0.717) is 28.8 Å². The van der Waals surface area contributed by atoms with Crippen LogP contribution in [0.15, 0.2) is 168 Å². The summed E-state index contributed by atoms with van der Waals surface area (Å²) >= 11 is 0. The molecule has 4 aromatic heterocycles. The Morgan fingerprint density at radius 3 is 1.71 bits per heavy atom. The Balaban J connectivity index is 1.19. The fourth-order valence-corrected chi connectivity index (χ4v) is 6.99. The molecule has 6 heteroatoms. The molecule has 0 spiro atoms. The topological polar surface area (TPSA) is 77.6 Å². The Morgan fingerprint density at radius 1 is 0.412 bits per heavy atom. The summed E-state index contributed by atoms with van der Waals surface area (Å²) in [5.74, 6) is 1.86. The van der Waals surface area contributed by atoms with Crippen LogP contribution in [-0.2, 0) is 0 Å². The molecule has 0 aliphatic carbocycles. The number of hydrogen-bond acceptors (Lipinski definition) is 6. The van der Waals surface area contributed by atoms with Gasteiger partial charge in [-0.2, -0.15) is 0 Å². The lowest BCUT2D eigenvalue weighted by Gasteiger charge is -2.14. The van der Waals surface area contributed by atoms with E-state index in [1.54, 1.807) is 0 Å². The molecule has 0 saturated heterocycles. The minimum atomic E-state index is 0.611. The molecule has 0 radical (unpaired) electrons. The maximum absolute atomic E-state index is 6.60. The van der Waals surface area contributed by atoms with E-state index in [0.717, 1.165) is 71.4 Å². The average molecular weight is 654 g/mol. The second-order valence-electron chi connectivity index (χ2n) is 12.5. The van der Waals surface area contributed by atoms with Crippen molar-refractivity contribution >= 4 is 43.5 Å². The zero-order valence-electron chi connectivity index (χ0n) is 27.2. The van der Waals surface area contributed by atoms with Gasteiger partial charge >= 0.3 is 0 Å². The largest absolute Gasteiger partial charge is 0.454 e. The smallest absolute Gasteiger partial charge is 0.164 e. The van der Waals surface area contributed by atoms with Crippen LogP contribution in [0.3, 0.4) is 0 Å². The molecular weight excluding hydrogens is 627 g/mol. The van der Waals surface area contributed by atoms with Crippen LogP contribution in [0, 0.1) is 0 Å². The first-order chi connectivity index (χ1) is 25.3. The van der Waals surface area contributed by atoms with Gasteiger partial charge in [0.25, 0.3) is 0 Å². The Hall–Kier alpha value is -7.05. The first kappa shape index (κ1) is 28.9. The van der Waals surface area contributed by atoms with Crippen molar-refractivity contribution in [2.24, 2.45) is 0 Å². The third-order valence-electron chi connectivity index (χ3n) is 9.43. The van der Waals surface area contributed by atoms with Crippen LogP contribution in [0.1, 0.15) is 0 Å². The van der Waals surface area contributed by atoms with E-state index < -0.39 is 0 Å². The number of para-hydroxylation sites is 1. The number of furan rings is 1. The van der Waals surface area contributed by atoms with Crippen molar-refractivity contribution in [3.63, 3.8) is 0 Å². The normalized spacial score (nSPS) is 11.5. The van der Waals surface area contributed by atoms with Gasteiger partial charge in [0.1, 0.15) is 11.3 Å². The summed E-state index contributed by atoms with van der Waals surface area (Å²) in [4.78, 5) is 24.9. The van der Waals surface area contributed by atoms with Gasteiger partial charge in [-0.05, 0) is 39.9 Å². The fraction of sp³-hybridized carbons (Fsp3) is 0. The van der Waals surface area contributed by atoms with E-state index in [4.69, 9.17) is 29.3 Å². The number of nitrogens with zero attached hydrogens (tertiary/aromatic N) is 5. The lowest BCUT2D eigenvalue weighted by Crippen LogP contribution is -2.00. The number of fused-ring (bicyclic) bond motifs is 5. The van der Waals surface area contributed by atoms with E-state index in [1.165, 1.54) is 0 Å². The number of rotatable bonds is 5. The van der Waals surface area contributed by atoms with Crippen molar-refractivity contribution in [1.29, 1.82) is 0 Å². The molecule has 0 saturated carbocycles. The van der Waals surface area contributed by atoms with Crippen LogP contribution in [-0.4, -0.2) is 24.9 Å². The number of aromatic nitrogens is 5. The second kappa shape index (κ2) is 11.8. The molecule has 10 rings (SSSR count). The monoisotopic (exact) mass is 653 g/mol. The van der Waals surface area contributed by atoms with E-state index in [2.05, 4.69) is 60.7 Å². The van der Waals surface area contributed by atoms with Gasteiger partial charge < -0.3 is 4.42 Å². The zero-order valence-corrected chi connectivity index (χ0v) is 27.2. The molecule has 4 heterocycles. The number of pyridine rings is 2. The highest BCUT2D eigenvalue weighted by Gasteiger charge is 2.22. The van der Waals surface area contributed by atoms with Crippen LogP contribution >= 0.6 is 0 Å². The zero-order chi connectivity index (χ0) is 33.7. The van der Waals surface area contributed by atoms with Gasteiger partial charge in [-0.15, -0.1) is 0 Å². The number of benzene rings is 6.